The molecule has 4 rings (SSSR count). The molecule has 192 valence electrons. The zero-order valence-corrected chi connectivity index (χ0v) is 20.2. The van der Waals surface area contributed by atoms with Gasteiger partial charge in [0, 0.05) is 24.7 Å². The highest BCUT2D eigenvalue weighted by Crippen LogP contribution is 2.41. The topological polar surface area (TPSA) is 132 Å². The van der Waals surface area contributed by atoms with E-state index < -0.39 is 23.3 Å². The fourth-order valence-electron chi connectivity index (χ4n) is 4.48. The number of carbonyl (C=O) groups is 2. The smallest absolute Gasteiger partial charge is 0.416 e. The molecule has 2 aromatic rings. The number of amides is 2. The summed E-state index contributed by atoms with van der Waals surface area (Å²) in [6.07, 6.45) is 0.765. The van der Waals surface area contributed by atoms with Crippen molar-refractivity contribution in [1.82, 2.24) is 4.90 Å². The maximum atomic E-state index is 13.4. The molecule has 11 heteroatoms. The van der Waals surface area contributed by atoms with Crippen molar-refractivity contribution in [2.75, 3.05) is 25.2 Å². The van der Waals surface area contributed by atoms with Crippen LogP contribution in [0.5, 0.6) is 11.5 Å². The van der Waals surface area contributed by atoms with Gasteiger partial charge in [-0.15, -0.1) is 0 Å². The third-order valence-electron chi connectivity index (χ3n) is 6.40. The Morgan fingerprint density at radius 3 is 2.64 bits per heavy atom. The monoisotopic (exact) mass is 499 g/mol. The van der Waals surface area contributed by atoms with Crippen molar-refractivity contribution in [3.63, 3.8) is 0 Å². The number of hydrogen-bond acceptors (Lipinski definition) is 8. The van der Waals surface area contributed by atoms with Crippen LogP contribution in [-0.4, -0.2) is 59.5 Å². The normalized spacial score (nSPS) is 18.8. The van der Waals surface area contributed by atoms with Crippen LogP contribution < -0.4 is 14.4 Å². The van der Waals surface area contributed by atoms with Gasteiger partial charge < -0.3 is 24.2 Å². The van der Waals surface area contributed by atoms with Crippen molar-refractivity contribution >= 4 is 23.4 Å². The molecule has 2 aliphatic heterocycles. The number of nitro groups is 1. The number of nitrogens with zero attached hydrogens (tertiary/aromatic N) is 3. The lowest BCUT2D eigenvalue weighted by atomic mass is 10.1. The molecule has 2 aliphatic rings. The lowest BCUT2D eigenvalue weighted by Crippen LogP contribution is -2.50. The second-order valence-corrected chi connectivity index (χ2v) is 8.69. The SMILES string of the molecule is CCCCOc1cc2c(cc1OC)C(=O)N1CCC[C@H]1C(O)N2C(=O)OCc1ccc([N+](=O)[O-])cc1. The molecule has 2 heterocycles. The molecule has 0 saturated carbocycles. The highest BCUT2D eigenvalue weighted by atomic mass is 16.6. The molecule has 0 aromatic heterocycles. The summed E-state index contributed by atoms with van der Waals surface area (Å²) in [5.74, 6) is 0.389. The van der Waals surface area contributed by atoms with E-state index in [9.17, 15) is 24.8 Å². The van der Waals surface area contributed by atoms with Gasteiger partial charge in [0.15, 0.2) is 17.7 Å². The Hall–Kier alpha value is -3.86. The molecule has 0 bridgehead atoms. The van der Waals surface area contributed by atoms with Crippen LogP contribution in [0.4, 0.5) is 16.2 Å². The number of unbranched alkanes of at least 4 members (excludes halogenated alkanes) is 1. The number of aliphatic hydroxyl groups is 1. The van der Waals surface area contributed by atoms with E-state index in [1.54, 1.807) is 4.90 Å². The van der Waals surface area contributed by atoms with Gasteiger partial charge in [-0.05, 0) is 43.0 Å². The number of methoxy groups -OCH3 is 1. The van der Waals surface area contributed by atoms with E-state index in [-0.39, 0.29) is 29.5 Å². The molecule has 1 saturated heterocycles. The summed E-state index contributed by atoms with van der Waals surface area (Å²) in [6, 6.07) is 8.09. The fraction of sp³-hybridized carbons (Fsp3) is 0.440. The maximum Gasteiger partial charge on any atom is 0.416 e. The summed E-state index contributed by atoms with van der Waals surface area (Å²) in [6.45, 7) is 2.74. The third-order valence-corrected chi connectivity index (χ3v) is 6.40. The Morgan fingerprint density at radius 1 is 1.22 bits per heavy atom. The molecule has 0 radical (unpaired) electrons. The predicted molar refractivity (Wildman–Crippen MR) is 129 cm³/mol. The largest absolute Gasteiger partial charge is 0.493 e. The molecule has 0 spiro atoms. The number of aliphatic hydroxyl groups excluding tert-OH is 1. The van der Waals surface area contributed by atoms with E-state index in [4.69, 9.17) is 14.2 Å². The Labute approximate surface area is 208 Å². The van der Waals surface area contributed by atoms with E-state index in [0.717, 1.165) is 17.7 Å². The highest BCUT2D eigenvalue weighted by molar-refractivity contribution is 6.06. The number of hydrogen-bond donors (Lipinski definition) is 1. The van der Waals surface area contributed by atoms with Crippen LogP contribution in [0.25, 0.3) is 0 Å². The van der Waals surface area contributed by atoms with Crippen molar-refractivity contribution in [1.29, 1.82) is 0 Å². The predicted octanol–water partition coefficient (Wildman–Crippen LogP) is 3.86. The van der Waals surface area contributed by atoms with Gasteiger partial charge in [0.05, 0.1) is 35.9 Å². The first-order valence-corrected chi connectivity index (χ1v) is 11.9. The van der Waals surface area contributed by atoms with Gasteiger partial charge in [-0.3, -0.25) is 14.9 Å². The van der Waals surface area contributed by atoms with Crippen LogP contribution in [-0.2, 0) is 11.3 Å². The standard InChI is InChI=1S/C25H29N3O8/c1-3-4-12-35-22-14-20-18(13-21(22)34-2)23(29)26-11-5-6-19(26)24(30)27(20)25(31)36-15-16-7-9-17(10-8-16)28(32)33/h7-10,13-14,19,24,30H,3-6,11-12,15H2,1-2H3/t19-,24?/m0/s1. The molecule has 2 amide bonds. The molecule has 1 fully saturated rings. The number of fused-ring (bicyclic) bond motifs is 2. The van der Waals surface area contributed by atoms with E-state index in [2.05, 4.69) is 0 Å². The number of carbonyl (C=O) groups excluding carboxylic acids is 2. The molecule has 11 nitrogen and oxygen atoms in total. The number of non-ortho nitro benzene ring substituents is 1. The molecule has 2 aromatic carbocycles. The Bertz CT molecular complexity index is 1140. The molecule has 2 atom stereocenters. The first-order valence-electron chi connectivity index (χ1n) is 11.9. The van der Waals surface area contributed by atoms with Crippen molar-refractivity contribution < 1.29 is 33.8 Å². The van der Waals surface area contributed by atoms with Gasteiger partial charge in [0.2, 0.25) is 0 Å². The number of nitro benzene ring substituents is 1. The summed E-state index contributed by atoms with van der Waals surface area (Å²) in [4.78, 5) is 39.8. The molecule has 36 heavy (non-hydrogen) atoms. The highest BCUT2D eigenvalue weighted by Gasteiger charge is 2.45. The maximum absolute atomic E-state index is 13.4. The van der Waals surface area contributed by atoms with Crippen molar-refractivity contribution in [2.45, 2.75) is 51.5 Å². The molecular weight excluding hydrogens is 470 g/mol. The minimum Gasteiger partial charge on any atom is -0.493 e. The van der Waals surface area contributed by atoms with Gasteiger partial charge in [-0.2, -0.15) is 0 Å². The van der Waals surface area contributed by atoms with Crippen LogP contribution in [0.2, 0.25) is 0 Å². The zero-order valence-electron chi connectivity index (χ0n) is 20.2. The molecular formula is C25H29N3O8. The van der Waals surface area contributed by atoms with Crippen LogP contribution >= 0.6 is 0 Å². The number of anilines is 1. The summed E-state index contributed by atoms with van der Waals surface area (Å²) >= 11 is 0. The minimum atomic E-state index is -1.33. The van der Waals surface area contributed by atoms with Crippen LogP contribution in [0, 0.1) is 10.1 Å². The molecule has 1 N–H and O–H groups in total. The number of ether oxygens (including phenoxy) is 3. The average Bonchev–Trinajstić information content (AvgIpc) is 3.35. The average molecular weight is 500 g/mol. The van der Waals surface area contributed by atoms with Crippen LogP contribution in [0.3, 0.4) is 0 Å². The molecule has 1 unspecified atom stereocenters. The second kappa shape index (κ2) is 10.8. The van der Waals surface area contributed by atoms with Crippen molar-refractivity contribution in [3.8, 4) is 11.5 Å². The summed E-state index contributed by atoms with van der Waals surface area (Å²) < 4.78 is 16.8. The van der Waals surface area contributed by atoms with Gasteiger partial charge in [-0.25, -0.2) is 9.69 Å². The third kappa shape index (κ3) is 4.92. The van der Waals surface area contributed by atoms with Crippen molar-refractivity contribution in [3.05, 3.63) is 57.6 Å². The summed E-state index contributed by atoms with van der Waals surface area (Å²) in [5, 5.41) is 22.1. The van der Waals surface area contributed by atoms with E-state index in [0.29, 0.717) is 43.1 Å². The summed E-state index contributed by atoms with van der Waals surface area (Å²) in [5.41, 5.74) is 0.829. The van der Waals surface area contributed by atoms with E-state index in [1.807, 2.05) is 6.92 Å². The summed E-state index contributed by atoms with van der Waals surface area (Å²) in [7, 11) is 1.47. The van der Waals surface area contributed by atoms with Gasteiger partial charge in [0.1, 0.15) is 6.61 Å². The molecule has 0 aliphatic carbocycles. The van der Waals surface area contributed by atoms with E-state index in [1.165, 1.54) is 43.5 Å². The van der Waals surface area contributed by atoms with Crippen molar-refractivity contribution in [2.24, 2.45) is 0 Å². The second-order valence-electron chi connectivity index (χ2n) is 8.69. The number of benzene rings is 2. The Balaban J connectivity index is 1.67. The lowest BCUT2D eigenvalue weighted by Gasteiger charge is -2.31. The zero-order chi connectivity index (χ0) is 25.8. The van der Waals surface area contributed by atoms with Crippen LogP contribution in [0.1, 0.15) is 48.5 Å². The van der Waals surface area contributed by atoms with Gasteiger partial charge in [0.25, 0.3) is 11.6 Å². The quantitative estimate of drug-likeness (QED) is 0.329. The van der Waals surface area contributed by atoms with Crippen LogP contribution in [0.15, 0.2) is 36.4 Å². The lowest BCUT2D eigenvalue weighted by molar-refractivity contribution is -0.384. The van der Waals surface area contributed by atoms with Gasteiger partial charge in [-0.1, -0.05) is 13.3 Å². The van der Waals surface area contributed by atoms with E-state index >= 15 is 0 Å². The minimum absolute atomic E-state index is 0.0775. The first-order chi connectivity index (χ1) is 17.3. The number of rotatable bonds is 8. The fourth-order valence-corrected chi connectivity index (χ4v) is 4.48. The van der Waals surface area contributed by atoms with Gasteiger partial charge >= 0.3 is 6.09 Å². The Morgan fingerprint density at radius 2 is 1.97 bits per heavy atom. The Kier molecular flexibility index (Phi) is 7.58. The first kappa shape index (κ1) is 25.2.